The molecule has 0 unspecified atom stereocenters. The molecule has 3 heterocycles. The summed E-state index contributed by atoms with van der Waals surface area (Å²) in [4.78, 5) is 36.2. The summed E-state index contributed by atoms with van der Waals surface area (Å²) in [6.45, 7) is 16.4. The van der Waals surface area contributed by atoms with E-state index in [4.69, 9.17) is 9.73 Å². The Hall–Kier alpha value is -2.77. The number of hydrogen-bond acceptors (Lipinski definition) is 6. The molecule has 198 valence electrons. The maximum atomic E-state index is 12.8. The number of piperazine rings is 1. The van der Waals surface area contributed by atoms with Crippen LogP contribution < -0.4 is 15.1 Å². The molecule has 1 aromatic rings. The predicted octanol–water partition coefficient (Wildman–Crippen LogP) is 4.39. The van der Waals surface area contributed by atoms with Crippen LogP contribution in [0.25, 0.3) is 0 Å². The molecule has 1 N–H and O–H groups in total. The zero-order valence-corrected chi connectivity index (χ0v) is 22.8. The van der Waals surface area contributed by atoms with Crippen molar-refractivity contribution in [2.45, 2.75) is 78.4 Å². The molecule has 1 saturated heterocycles. The molecule has 0 aliphatic carbocycles. The van der Waals surface area contributed by atoms with Crippen molar-refractivity contribution in [3.05, 3.63) is 23.8 Å². The number of nitrogens with zero attached hydrogens (tertiary/aromatic N) is 4. The number of amidine groups is 1. The summed E-state index contributed by atoms with van der Waals surface area (Å²) >= 11 is 0. The van der Waals surface area contributed by atoms with Crippen LogP contribution in [0.2, 0.25) is 0 Å². The molecule has 3 atom stereocenters. The molecule has 0 radical (unpaired) electrons. The lowest BCUT2D eigenvalue weighted by Gasteiger charge is -2.46. The van der Waals surface area contributed by atoms with Crippen LogP contribution in [0.4, 0.5) is 16.2 Å². The summed E-state index contributed by atoms with van der Waals surface area (Å²) < 4.78 is 5.56. The molecule has 2 amide bonds. The van der Waals surface area contributed by atoms with E-state index in [2.05, 4.69) is 42.3 Å². The number of carbonyl (C=O) groups excluding carboxylic acids is 2. The largest absolute Gasteiger partial charge is 0.444 e. The Balaban J connectivity index is 1.59. The fourth-order valence-electron chi connectivity index (χ4n) is 5.87. The molecule has 3 aliphatic heterocycles. The zero-order chi connectivity index (χ0) is 26.0. The molecule has 8 nitrogen and oxygen atoms in total. The number of rotatable bonds is 4. The average Bonchev–Trinajstić information content (AvgIpc) is 2.84. The van der Waals surface area contributed by atoms with Gasteiger partial charge in [-0.2, -0.15) is 0 Å². The van der Waals surface area contributed by atoms with Crippen LogP contribution in [-0.4, -0.2) is 73.6 Å². The number of ether oxygens (including phenoxy) is 1. The first kappa shape index (κ1) is 26.3. The Morgan fingerprint density at radius 3 is 2.47 bits per heavy atom. The maximum absolute atomic E-state index is 12.8. The molecular weight excluding hydrogens is 454 g/mol. The average molecular weight is 498 g/mol. The minimum atomic E-state index is -0.491. The third-order valence-corrected chi connectivity index (χ3v) is 7.68. The van der Waals surface area contributed by atoms with Gasteiger partial charge >= 0.3 is 6.09 Å². The molecule has 1 fully saturated rings. The molecule has 0 aromatic heterocycles. The van der Waals surface area contributed by atoms with Crippen molar-refractivity contribution in [3.63, 3.8) is 0 Å². The first-order chi connectivity index (χ1) is 17.1. The number of aliphatic imine (C=N–C) groups is 1. The summed E-state index contributed by atoms with van der Waals surface area (Å²) in [5, 5.41) is 3.50. The van der Waals surface area contributed by atoms with E-state index in [1.807, 2.05) is 25.7 Å². The molecule has 0 spiro atoms. The molecule has 3 aliphatic rings. The quantitative estimate of drug-likeness (QED) is 0.668. The third-order valence-electron chi connectivity index (χ3n) is 7.68. The van der Waals surface area contributed by atoms with Crippen LogP contribution in [0.3, 0.4) is 0 Å². The van der Waals surface area contributed by atoms with Crippen molar-refractivity contribution in [1.82, 2.24) is 10.2 Å². The van der Waals surface area contributed by atoms with Gasteiger partial charge in [0.25, 0.3) is 0 Å². The van der Waals surface area contributed by atoms with Gasteiger partial charge < -0.3 is 24.8 Å². The van der Waals surface area contributed by atoms with Gasteiger partial charge in [0, 0.05) is 70.0 Å². The molecular formula is C28H43N5O3. The van der Waals surface area contributed by atoms with Gasteiger partial charge in [0.15, 0.2) is 0 Å². The van der Waals surface area contributed by atoms with Gasteiger partial charge in [0.1, 0.15) is 5.60 Å². The summed E-state index contributed by atoms with van der Waals surface area (Å²) in [7, 11) is 0. The lowest BCUT2D eigenvalue weighted by molar-refractivity contribution is -0.117. The monoisotopic (exact) mass is 497 g/mol. The van der Waals surface area contributed by atoms with E-state index in [0.29, 0.717) is 19.0 Å². The Morgan fingerprint density at radius 1 is 1.17 bits per heavy atom. The maximum Gasteiger partial charge on any atom is 0.410 e. The van der Waals surface area contributed by atoms with Gasteiger partial charge in [-0.1, -0.05) is 13.8 Å². The number of carbonyl (C=O) groups is 2. The number of benzene rings is 1. The van der Waals surface area contributed by atoms with Crippen LogP contribution in [0.15, 0.2) is 23.2 Å². The minimum Gasteiger partial charge on any atom is -0.444 e. The first-order valence-electron chi connectivity index (χ1n) is 13.5. The first-order valence-corrected chi connectivity index (χ1v) is 13.5. The number of amides is 2. The van der Waals surface area contributed by atoms with E-state index in [9.17, 15) is 9.59 Å². The number of hydrogen-bond donors (Lipinski definition) is 1. The van der Waals surface area contributed by atoms with Crippen molar-refractivity contribution in [1.29, 1.82) is 0 Å². The van der Waals surface area contributed by atoms with Gasteiger partial charge in [-0.05, 0) is 69.2 Å². The smallest absolute Gasteiger partial charge is 0.410 e. The van der Waals surface area contributed by atoms with Gasteiger partial charge in [0.2, 0.25) is 5.91 Å². The van der Waals surface area contributed by atoms with Crippen molar-refractivity contribution < 1.29 is 14.3 Å². The number of nitrogens with one attached hydrogen (secondary N) is 1. The number of anilines is 2. The van der Waals surface area contributed by atoms with Gasteiger partial charge in [-0.15, -0.1) is 0 Å². The lowest BCUT2D eigenvalue weighted by Crippen LogP contribution is -2.50. The molecule has 4 rings (SSSR count). The molecule has 1 aromatic carbocycles. The van der Waals surface area contributed by atoms with E-state index in [0.717, 1.165) is 62.7 Å². The fraction of sp³-hybridized carbons (Fsp3) is 0.679. The van der Waals surface area contributed by atoms with Crippen LogP contribution in [0.5, 0.6) is 0 Å². The Morgan fingerprint density at radius 2 is 1.89 bits per heavy atom. The molecule has 0 saturated carbocycles. The van der Waals surface area contributed by atoms with Gasteiger partial charge in [-0.3, -0.25) is 9.79 Å². The van der Waals surface area contributed by atoms with Crippen molar-refractivity contribution in [3.8, 4) is 0 Å². The number of fused-ring (bicyclic) bond motifs is 1. The van der Waals surface area contributed by atoms with Gasteiger partial charge in [0.05, 0.1) is 5.84 Å². The van der Waals surface area contributed by atoms with Crippen LogP contribution in [0, 0.1) is 5.92 Å². The second-order valence-electron chi connectivity index (χ2n) is 11.3. The van der Waals surface area contributed by atoms with Gasteiger partial charge in [-0.25, -0.2) is 4.79 Å². The Kier molecular flexibility index (Phi) is 7.81. The Bertz CT molecular complexity index is 993. The van der Waals surface area contributed by atoms with Crippen LogP contribution in [0.1, 0.15) is 72.3 Å². The molecule has 36 heavy (non-hydrogen) atoms. The fourth-order valence-corrected chi connectivity index (χ4v) is 5.87. The molecule has 8 heteroatoms. The Labute approximate surface area is 216 Å². The highest BCUT2D eigenvalue weighted by Gasteiger charge is 2.40. The predicted molar refractivity (Wildman–Crippen MR) is 145 cm³/mol. The highest BCUT2D eigenvalue weighted by Crippen LogP contribution is 2.46. The van der Waals surface area contributed by atoms with E-state index in [1.165, 1.54) is 5.56 Å². The molecule has 0 bridgehead atoms. The van der Waals surface area contributed by atoms with Crippen molar-refractivity contribution in [2.75, 3.05) is 49.1 Å². The van der Waals surface area contributed by atoms with Crippen molar-refractivity contribution in [2.24, 2.45) is 10.9 Å². The van der Waals surface area contributed by atoms with E-state index < -0.39 is 5.60 Å². The summed E-state index contributed by atoms with van der Waals surface area (Å²) in [6.07, 6.45) is 2.62. The van der Waals surface area contributed by atoms with E-state index in [1.54, 1.807) is 11.8 Å². The lowest BCUT2D eigenvalue weighted by atomic mass is 9.74. The second-order valence-corrected chi connectivity index (χ2v) is 11.3. The summed E-state index contributed by atoms with van der Waals surface area (Å²) in [5.74, 6) is 1.79. The highest BCUT2D eigenvalue weighted by molar-refractivity contribution is 5.95. The standard InChI is InChI=1S/C28H43N5O3/c1-7-24-19(2)22(18-26-29-11-8-12-30-26)23-17-21(9-10-25(23)33(24)20(3)34)31-13-15-32(16-14-31)27(35)36-28(4,5)6/h9-10,17,19,22,24H,7-8,11-16,18H2,1-6H3,(H,29,30)/t19-,22-,24+/m1/s1. The topological polar surface area (TPSA) is 77.5 Å². The highest BCUT2D eigenvalue weighted by atomic mass is 16.6. The zero-order valence-electron chi connectivity index (χ0n) is 22.8. The SMILES string of the molecule is CC[C@H]1[C@H](C)[C@@H](CC2=NCCCN2)c2cc(N3CCN(C(=O)OC(C)(C)C)CC3)ccc2N1C(C)=O. The second kappa shape index (κ2) is 10.7. The van der Waals surface area contributed by atoms with E-state index in [-0.39, 0.29) is 24.0 Å². The summed E-state index contributed by atoms with van der Waals surface area (Å²) in [6, 6.07) is 6.72. The van der Waals surface area contributed by atoms with Crippen LogP contribution in [-0.2, 0) is 9.53 Å². The van der Waals surface area contributed by atoms with Crippen LogP contribution >= 0.6 is 0 Å². The van der Waals surface area contributed by atoms with E-state index >= 15 is 0 Å². The summed E-state index contributed by atoms with van der Waals surface area (Å²) in [5.41, 5.74) is 2.91. The third kappa shape index (κ3) is 5.62. The van der Waals surface area contributed by atoms with Crippen molar-refractivity contribution >= 4 is 29.2 Å². The minimum absolute atomic E-state index is 0.0975. The normalized spacial score (nSPS) is 24.6.